The molecule has 2 saturated heterocycles. The number of rotatable bonds is 6. The summed E-state index contributed by atoms with van der Waals surface area (Å²) in [6.45, 7) is 26.1. The van der Waals surface area contributed by atoms with Crippen molar-refractivity contribution in [3.63, 3.8) is 0 Å². The molecule has 7 rings (SSSR count). The van der Waals surface area contributed by atoms with Gasteiger partial charge in [0.2, 0.25) is 0 Å². The smallest absolute Gasteiger partial charge is 0.303 e. The molecule has 14 atom stereocenters. The van der Waals surface area contributed by atoms with E-state index in [2.05, 4.69) is 53.4 Å². The Hall–Kier alpha value is -0.730. The van der Waals surface area contributed by atoms with Crippen LogP contribution >= 0.6 is 0 Å². The molecule has 2 aliphatic heterocycles. The van der Waals surface area contributed by atoms with Crippen molar-refractivity contribution in [3.05, 3.63) is 0 Å². The number of carbonyl (C=O) groups is 1. The quantitative estimate of drug-likeness (QED) is 0.318. The number of ether oxygens (including phenoxy) is 4. The van der Waals surface area contributed by atoms with Crippen LogP contribution in [0.1, 0.15) is 121 Å². The van der Waals surface area contributed by atoms with Crippen LogP contribution in [0.2, 0.25) is 0 Å². The summed E-state index contributed by atoms with van der Waals surface area (Å²) in [7, 11) is 0. The summed E-state index contributed by atoms with van der Waals surface area (Å²) in [5.74, 6) is 2.37. The Morgan fingerprint density at radius 1 is 1.04 bits per heavy atom. The van der Waals surface area contributed by atoms with Gasteiger partial charge >= 0.3 is 5.97 Å². The number of esters is 1. The molecule has 262 valence electrons. The molecule has 0 aromatic rings. The van der Waals surface area contributed by atoms with Crippen LogP contribution in [0.4, 0.5) is 0 Å². The van der Waals surface area contributed by atoms with Crippen LogP contribution in [0.3, 0.4) is 0 Å². The number of hydrogen-bond acceptors (Lipinski definition) is 7. The SMILES string of the molecule is CCN1CCOC(O[C@H]2CC[C@]34C[C@]35CC[C@]3(C)[C@@H]6[C@H](O[C@@H]([C@H](OC(C)=O)C(C)(C)O)C[C@H]6C)[C@H](C)[C@@]3(C)[C@@H]5CC[C@H]4C2(C)C)C1. The van der Waals surface area contributed by atoms with Crippen LogP contribution < -0.4 is 0 Å². The van der Waals surface area contributed by atoms with Gasteiger partial charge in [-0.05, 0) is 128 Å². The number of morpholine rings is 1. The second kappa shape index (κ2) is 10.9. The maximum absolute atomic E-state index is 12.1. The third kappa shape index (κ3) is 4.49. The van der Waals surface area contributed by atoms with Gasteiger partial charge in [-0.15, -0.1) is 0 Å². The Labute approximate surface area is 279 Å². The minimum Gasteiger partial charge on any atom is -0.457 e. The van der Waals surface area contributed by atoms with Gasteiger partial charge in [0.1, 0.15) is 0 Å². The third-order valence-electron chi connectivity index (χ3n) is 16.5. The normalized spacial score (nSPS) is 51.9. The second-order valence-electron chi connectivity index (χ2n) is 18.9. The van der Waals surface area contributed by atoms with Gasteiger partial charge in [0.05, 0.1) is 30.5 Å². The summed E-state index contributed by atoms with van der Waals surface area (Å²) in [5, 5.41) is 11.1. The highest BCUT2D eigenvalue weighted by molar-refractivity contribution is 5.66. The van der Waals surface area contributed by atoms with Gasteiger partial charge in [-0.1, -0.05) is 48.5 Å². The molecule has 2 spiro atoms. The fourth-order valence-electron chi connectivity index (χ4n) is 14.3. The average molecular weight is 644 g/mol. The first kappa shape index (κ1) is 33.8. The van der Waals surface area contributed by atoms with Crippen LogP contribution in [0.15, 0.2) is 0 Å². The molecule has 5 saturated carbocycles. The number of hydrogen-bond donors (Lipinski definition) is 1. The lowest BCUT2D eigenvalue weighted by molar-refractivity contribution is -0.247. The molecule has 0 aromatic heterocycles. The molecule has 7 heteroatoms. The fourth-order valence-corrected chi connectivity index (χ4v) is 14.3. The molecule has 7 aliphatic rings. The zero-order valence-corrected chi connectivity index (χ0v) is 30.7. The number of nitrogens with zero attached hydrogens (tertiary/aromatic N) is 1. The Morgan fingerprint density at radius 3 is 2.41 bits per heavy atom. The van der Waals surface area contributed by atoms with Crippen molar-refractivity contribution in [2.45, 2.75) is 157 Å². The zero-order valence-electron chi connectivity index (χ0n) is 30.7. The predicted octanol–water partition coefficient (Wildman–Crippen LogP) is 6.84. The van der Waals surface area contributed by atoms with E-state index in [-0.39, 0.29) is 46.8 Å². The minimum atomic E-state index is -1.16. The Bertz CT molecular complexity index is 1200. The van der Waals surface area contributed by atoms with Gasteiger partial charge in [0.25, 0.3) is 0 Å². The first-order valence-corrected chi connectivity index (χ1v) is 19.0. The van der Waals surface area contributed by atoms with E-state index in [0.29, 0.717) is 40.4 Å². The lowest BCUT2D eigenvalue weighted by Gasteiger charge is -2.64. The predicted molar refractivity (Wildman–Crippen MR) is 178 cm³/mol. The number of likely N-dealkylation sites (N-methyl/N-ethyl adjacent to an activating group) is 1. The third-order valence-corrected chi connectivity index (χ3v) is 16.5. The van der Waals surface area contributed by atoms with E-state index in [9.17, 15) is 9.90 Å². The van der Waals surface area contributed by atoms with Crippen LogP contribution in [0, 0.1) is 56.7 Å². The molecular weight excluding hydrogens is 578 g/mol. The van der Waals surface area contributed by atoms with E-state index in [1.165, 1.54) is 45.4 Å². The van der Waals surface area contributed by atoms with Crippen molar-refractivity contribution in [2.24, 2.45) is 56.7 Å². The second-order valence-corrected chi connectivity index (χ2v) is 18.9. The summed E-state index contributed by atoms with van der Waals surface area (Å²) in [6.07, 6.45) is 9.21. The maximum Gasteiger partial charge on any atom is 0.303 e. The molecule has 7 nitrogen and oxygen atoms in total. The Balaban J connectivity index is 1.14. The molecule has 0 radical (unpaired) electrons. The zero-order chi connectivity index (χ0) is 33.2. The van der Waals surface area contributed by atoms with Crippen LogP contribution in [0.5, 0.6) is 0 Å². The van der Waals surface area contributed by atoms with Crippen molar-refractivity contribution in [1.29, 1.82) is 0 Å². The summed E-state index contributed by atoms with van der Waals surface area (Å²) in [6, 6.07) is 0. The molecule has 0 bridgehead atoms. The highest BCUT2D eigenvalue weighted by Gasteiger charge is 2.84. The molecule has 7 fully saturated rings. The van der Waals surface area contributed by atoms with E-state index in [1.807, 2.05) is 0 Å². The van der Waals surface area contributed by atoms with Crippen LogP contribution in [-0.4, -0.2) is 78.5 Å². The van der Waals surface area contributed by atoms with E-state index in [1.54, 1.807) is 13.8 Å². The van der Waals surface area contributed by atoms with Gasteiger partial charge in [-0.3, -0.25) is 9.69 Å². The van der Waals surface area contributed by atoms with Crippen LogP contribution in [-0.2, 0) is 23.7 Å². The highest BCUT2D eigenvalue weighted by atomic mass is 16.7. The number of aliphatic hydroxyl groups is 1. The summed E-state index contributed by atoms with van der Waals surface area (Å²) >= 11 is 0. The first-order valence-electron chi connectivity index (χ1n) is 19.0. The molecule has 0 amide bonds. The molecular formula is C39H65NO6. The fraction of sp³-hybridized carbons (Fsp3) is 0.974. The Kier molecular flexibility index (Phi) is 7.99. The summed E-state index contributed by atoms with van der Waals surface area (Å²) < 4.78 is 25.9. The summed E-state index contributed by atoms with van der Waals surface area (Å²) in [5.41, 5.74) is 0.234. The van der Waals surface area contributed by atoms with Gasteiger partial charge < -0.3 is 24.1 Å². The highest BCUT2D eigenvalue weighted by Crippen LogP contribution is 2.90. The van der Waals surface area contributed by atoms with Crippen molar-refractivity contribution < 1.29 is 28.8 Å². The molecule has 46 heavy (non-hydrogen) atoms. The molecule has 1 N–H and O–H groups in total. The van der Waals surface area contributed by atoms with E-state index in [0.717, 1.165) is 39.1 Å². The number of fused-ring (bicyclic) bond motifs is 4. The topological polar surface area (TPSA) is 77.5 Å². The Morgan fingerprint density at radius 2 is 1.74 bits per heavy atom. The van der Waals surface area contributed by atoms with Gasteiger partial charge in [-0.25, -0.2) is 0 Å². The molecule has 5 aliphatic carbocycles. The molecule has 0 aromatic carbocycles. The average Bonchev–Trinajstić information content (AvgIpc) is 3.61. The first-order chi connectivity index (χ1) is 21.5. The summed E-state index contributed by atoms with van der Waals surface area (Å²) in [4.78, 5) is 14.6. The van der Waals surface area contributed by atoms with Gasteiger partial charge in [-0.2, -0.15) is 0 Å². The maximum atomic E-state index is 12.1. The minimum absolute atomic E-state index is 0.101. The van der Waals surface area contributed by atoms with Crippen LogP contribution in [0.25, 0.3) is 0 Å². The lowest BCUT2D eigenvalue weighted by atomic mass is 9.40. The van der Waals surface area contributed by atoms with Crippen molar-refractivity contribution in [1.82, 2.24) is 4.90 Å². The number of carbonyl (C=O) groups excluding carboxylic acids is 1. The van der Waals surface area contributed by atoms with Crippen molar-refractivity contribution >= 4 is 5.97 Å². The monoisotopic (exact) mass is 643 g/mol. The van der Waals surface area contributed by atoms with E-state index >= 15 is 0 Å². The van der Waals surface area contributed by atoms with Gasteiger partial charge in [0.15, 0.2) is 12.4 Å². The van der Waals surface area contributed by atoms with Crippen molar-refractivity contribution in [3.8, 4) is 0 Å². The van der Waals surface area contributed by atoms with Gasteiger partial charge in [0, 0.05) is 20.0 Å². The van der Waals surface area contributed by atoms with E-state index < -0.39 is 11.7 Å². The molecule has 2 heterocycles. The lowest BCUT2D eigenvalue weighted by Crippen LogP contribution is -2.59. The standard InChI is InChI=1S/C39H65NO6/c1-11-40-18-19-43-30(21-40)46-29-14-15-38-22-39(38)17-16-36(9)31-23(2)20-26(33(35(7,8)42)44-25(4)41)45-32(31)24(3)37(36,10)28(39)13-12-27(38)34(29,5)6/h23-24,26-33,42H,11-22H2,1-10H3/t23-,24+,26-,27+,28+,29+,30?,31+,32-,33+,36-,37+,38-,39+/m1/s1. The largest absolute Gasteiger partial charge is 0.457 e. The molecule has 1 unspecified atom stereocenters. The van der Waals surface area contributed by atoms with Crippen molar-refractivity contribution in [2.75, 3.05) is 26.2 Å². The van der Waals surface area contributed by atoms with E-state index in [4.69, 9.17) is 18.9 Å².